The Hall–Kier alpha value is -3.74. The summed E-state index contributed by atoms with van der Waals surface area (Å²) < 4.78 is 35.3. The highest BCUT2D eigenvalue weighted by Crippen LogP contribution is 2.31. The van der Waals surface area contributed by atoms with Crippen LogP contribution in [-0.2, 0) is 28.3 Å². The molecule has 40 heavy (non-hydrogen) atoms. The first-order valence-corrected chi connectivity index (χ1v) is 14.4. The number of carbonyl (C=O) groups is 2. The number of nitrogens with zero attached hydrogens (tertiary/aromatic N) is 4. The van der Waals surface area contributed by atoms with Crippen LogP contribution in [0.25, 0.3) is 0 Å². The van der Waals surface area contributed by atoms with Crippen molar-refractivity contribution in [2.75, 3.05) is 32.1 Å². The average molecular weight is 570 g/mol. The second-order valence-corrected chi connectivity index (χ2v) is 12.2. The lowest BCUT2D eigenvalue weighted by Gasteiger charge is -2.38. The van der Waals surface area contributed by atoms with Crippen molar-refractivity contribution in [1.82, 2.24) is 18.8 Å². The van der Waals surface area contributed by atoms with E-state index in [0.29, 0.717) is 5.69 Å². The fourth-order valence-electron chi connectivity index (χ4n) is 4.54. The third-order valence-corrected chi connectivity index (χ3v) is 8.66. The third-order valence-electron chi connectivity index (χ3n) is 6.95. The zero-order chi connectivity index (χ0) is 29.0. The minimum atomic E-state index is -3.88. The van der Waals surface area contributed by atoms with Crippen molar-refractivity contribution in [3.63, 3.8) is 0 Å². The number of ether oxygens (including phenoxy) is 1. The fraction of sp³-hybridized carbons (Fsp3) is 0.393. The van der Waals surface area contributed by atoms with Crippen molar-refractivity contribution in [3.8, 4) is 5.75 Å². The summed E-state index contributed by atoms with van der Waals surface area (Å²) in [5.41, 5.74) is 1.49. The highest BCUT2D eigenvalue weighted by atomic mass is 32.2. The van der Waals surface area contributed by atoms with E-state index in [1.165, 1.54) is 23.9 Å². The molecule has 4 rings (SSSR count). The van der Waals surface area contributed by atoms with Crippen molar-refractivity contribution >= 4 is 27.5 Å². The highest BCUT2D eigenvalue weighted by molar-refractivity contribution is 7.89. The highest BCUT2D eigenvalue weighted by Gasteiger charge is 2.35. The number of aryl methyl sites for hydroxylation is 1. The molecule has 0 unspecified atom stereocenters. The number of rotatable bonds is 9. The van der Waals surface area contributed by atoms with E-state index in [9.17, 15) is 23.1 Å². The lowest BCUT2D eigenvalue weighted by Crippen LogP contribution is -2.50. The van der Waals surface area contributed by atoms with Crippen LogP contribution < -0.4 is 10.1 Å². The van der Waals surface area contributed by atoms with Crippen LogP contribution in [-0.4, -0.2) is 83.0 Å². The number of hydrogen-bond donors (Lipinski definition) is 2. The second kappa shape index (κ2) is 12.2. The van der Waals surface area contributed by atoms with Crippen molar-refractivity contribution in [2.24, 2.45) is 13.0 Å². The average Bonchev–Trinajstić information content (AvgIpc) is 3.38. The standard InChI is InChI=1S/C28H35N5O6S/c1-19-14-33(20(2)17-34)28(36)23-13-22(30-26(35)12-21-8-6-5-7-9-21)10-11-24(23)39-25(19)15-32(4)40(37,38)27-16-31(3)18-29-27/h5-11,13,16,18-20,25,34H,12,14-15,17H2,1-4H3,(H,30,35)/t19-,20+,25-/m1/s1. The van der Waals surface area contributed by atoms with E-state index >= 15 is 0 Å². The summed E-state index contributed by atoms with van der Waals surface area (Å²) in [5, 5.41) is 12.6. The monoisotopic (exact) mass is 569 g/mol. The van der Waals surface area contributed by atoms with Gasteiger partial charge >= 0.3 is 0 Å². The lowest BCUT2D eigenvalue weighted by molar-refractivity contribution is -0.115. The minimum Gasteiger partial charge on any atom is -0.488 e. The number of carbonyl (C=O) groups excluding carboxylic acids is 2. The fourth-order valence-corrected chi connectivity index (χ4v) is 5.68. The smallest absolute Gasteiger partial charge is 0.261 e. The second-order valence-electron chi connectivity index (χ2n) is 10.2. The van der Waals surface area contributed by atoms with E-state index in [2.05, 4.69) is 10.3 Å². The van der Waals surface area contributed by atoms with Gasteiger partial charge in [0.1, 0.15) is 11.9 Å². The SMILES string of the molecule is C[C@@H]1CN([C@@H](C)CO)C(=O)c2cc(NC(=O)Cc3ccccc3)ccc2O[C@@H]1CN(C)S(=O)(=O)c1cn(C)cn1. The molecule has 0 fully saturated rings. The van der Waals surface area contributed by atoms with E-state index in [1.54, 1.807) is 41.6 Å². The van der Waals surface area contributed by atoms with Crippen LogP contribution in [0, 0.1) is 5.92 Å². The molecule has 0 bridgehead atoms. The van der Waals surface area contributed by atoms with Gasteiger partial charge < -0.3 is 24.6 Å². The molecule has 0 aliphatic carbocycles. The van der Waals surface area contributed by atoms with Crippen LogP contribution in [0.5, 0.6) is 5.75 Å². The van der Waals surface area contributed by atoms with Crippen LogP contribution in [0.4, 0.5) is 5.69 Å². The third kappa shape index (κ3) is 6.52. The van der Waals surface area contributed by atoms with E-state index in [-0.39, 0.29) is 60.2 Å². The summed E-state index contributed by atoms with van der Waals surface area (Å²) in [6.45, 7) is 3.60. The molecule has 11 nitrogen and oxygen atoms in total. The molecule has 1 aliphatic rings. The molecule has 2 N–H and O–H groups in total. The summed E-state index contributed by atoms with van der Waals surface area (Å²) >= 11 is 0. The van der Waals surface area contributed by atoms with Crippen molar-refractivity contribution in [2.45, 2.75) is 37.4 Å². The summed E-state index contributed by atoms with van der Waals surface area (Å²) in [4.78, 5) is 31.8. The molecule has 2 amide bonds. The molecule has 3 aromatic rings. The van der Waals surface area contributed by atoms with Crippen LogP contribution in [0.3, 0.4) is 0 Å². The van der Waals surface area contributed by atoms with Crippen molar-refractivity contribution in [3.05, 3.63) is 72.2 Å². The van der Waals surface area contributed by atoms with Crippen molar-refractivity contribution in [1.29, 1.82) is 0 Å². The maximum Gasteiger partial charge on any atom is 0.261 e. The number of aliphatic hydroxyl groups excluding tert-OH is 1. The predicted octanol–water partition coefficient (Wildman–Crippen LogP) is 2.14. The van der Waals surface area contributed by atoms with Gasteiger partial charge in [0.15, 0.2) is 5.03 Å². The summed E-state index contributed by atoms with van der Waals surface area (Å²) in [6, 6.07) is 13.6. The Morgan fingerprint density at radius 1 is 1.25 bits per heavy atom. The van der Waals surface area contributed by atoms with Gasteiger partial charge in [-0.3, -0.25) is 9.59 Å². The Balaban J connectivity index is 1.61. The van der Waals surface area contributed by atoms with Gasteiger partial charge in [0, 0.05) is 38.4 Å². The van der Waals surface area contributed by atoms with Crippen LogP contribution in [0.1, 0.15) is 29.8 Å². The number of aliphatic hydroxyl groups is 1. The maximum absolute atomic E-state index is 13.6. The van der Waals surface area contributed by atoms with Gasteiger partial charge in [-0.05, 0) is 30.7 Å². The Labute approximate surface area is 234 Å². The van der Waals surface area contributed by atoms with E-state index in [0.717, 1.165) is 5.56 Å². The molecular formula is C28H35N5O6S. The Morgan fingerprint density at radius 3 is 2.62 bits per heavy atom. The molecular weight excluding hydrogens is 534 g/mol. The first-order chi connectivity index (χ1) is 19.0. The Kier molecular flexibility index (Phi) is 8.92. The van der Waals surface area contributed by atoms with Gasteiger partial charge in [-0.1, -0.05) is 37.3 Å². The quantitative estimate of drug-likeness (QED) is 0.403. The number of nitrogens with one attached hydrogen (secondary N) is 1. The number of anilines is 1. The number of imidazole rings is 1. The molecule has 0 spiro atoms. The molecule has 1 aromatic heterocycles. The molecule has 3 atom stereocenters. The predicted molar refractivity (Wildman–Crippen MR) is 149 cm³/mol. The first kappa shape index (κ1) is 29.2. The van der Waals surface area contributed by atoms with Crippen LogP contribution in [0.15, 0.2) is 66.1 Å². The zero-order valence-electron chi connectivity index (χ0n) is 23.0. The number of likely N-dealkylation sites (N-methyl/N-ethyl adjacent to an activating group) is 1. The van der Waals surface area contributed by atoms with Crippen LogP contribution in [0.2, 0.25) is 0 Å². The molecule has 2 heterocycles. The van der Waals surface area contributed by atoms with Gasteiger partial charge in [0.2, 0.25) is 5.91 Å². The van der Waals surface area contributed by atoms with E-state index in [1.807, 2.05) is 37.3 Å². The topological polar surface area (TPSA) is 134 Å². The summed E-state index contributed by atoms with van der Waals surface area (Å²) in [6.07, 6.45) is 2.40. The van der Waals surface area contributed by atoms with E-state index in [4.69, 9.17) is 4.74 Å². The molecule has 1 aliphatic heterocycles. The number of sulfonamides is 1. The molecule has 12 heteroatoms. The summed E-state index contributed by atoms with van der Waals surface area (Å²) in [7, 11) is -0.725. The Morgan fingerprint density at radius 2 is 1.98 bits per heavy atom. The zero-order valence-corrected chi connectivity index (χ0v) is 23.8. The molecule has 0 saturated heterocycles. The molecule has 214 valence electrons. The largest absolute Gasteiger partial charge is 0.488 e. The Bertz CT molecular complexity index is 1460. The van der Waals surface area contributed by atoms with Crippen molar-refractivity contribution < 1.29 is 27.9 Å². The van der Waals surface area contributed by atoms with Gasteiger partial charge in [0.25, 0.3) is 15.9 Å². The number of benzene rings is 2. The first-order valence-electron chi connectivity index (χ1n) is 13.0. The number of hydrogen-bond acceptors (Lipinski definition) is 7. The maximum atomic E-state index is 13.6. The number of amides is 2. The normalized spacial score (nSPS) is 18.4. The van der Waals surface area contributed by atoms with E-state index < -0.39 is 22.2 Å². The lowest BCUT2D eigenvalue weighted by atomic mass is 9.99. The van der Waals surface area contributed by atoms with Gasteiger partial charge in [-0.2, -0.15) is 4.31 Å². The van der Waals surface area contributed by atoms with Gasteiger partial charge in [0.05, 0.1) is 37.5 Å². The molecule has 0 radical (unpaired) electrons. The molecule has 2 aromatic carbocycles. The summed E-state index contributed by atoms with van der Waals surface area (Å²) in [5.74, 6) is -0.603. The number of aromatic nitrogens is 2. The van der Waals surface area contributed by atoms with Gasteiger partial charge in [-0.25, -0.2) is 13.4 Å². The minimum absolute atomic E-state index is 0.00458. The number of fused-ring (bicyclic) bond motifs is 1. The molecule has 0 saturated carbocycles. The van der Waals surface area contributed by atoms with Crippen LogP contribution >= 0.6 is 0 Å². The van der Waals surface area contributed by atoms with Gasteiger partial charge in [-0.15, -0.1) is 0 Å².